The first kappa shape index (κ1) is 17.9. The van der Waals surface area contributed by atoms with Crippen molar-refractivity contribution in [1.82, 2.24) is 0 Å². The molecule has 0 aromatic heterocycles. The molecule has 0 saturated carbocycles. The van der Waals surface area contributed by atoms with Gasteiger partial charge in [0.25, 0.3) is 3.93 Å². The van der Waals surface area contributed by atoms with E-state index in [9.17, 15) is 17.6 Å². The molecule has 2 rings (SSSR count). The zero-order chi connectivity index (χ0) is 16.2. The molecule has 2 aromatic rings. The van der Waals surface area contributed by atoms with Gasteiger partial charge < -0.3 is 0 Å². The van der Waals surface area contributed by atoms with Crippen molar-refractivity contribution < 1.29 is 17.6 Å². The minimum atomic E-state index is -2.84. The van der Waals surface area contributed by atoms with E-state index in [2.05, 4.69) is 0 Å². The Hall–Kier alpha value is -0.410. The molecule has 0 bridgehead atoms. The monoisotopic (exact) mass is 458 g/mol. The molecule has 0 unspecified atom stereocenters. The fourth-order valence-electron chi connectivity index (χ4n) is 1.63. The molecule has 7 heteroatoms. The van der Waals surface area contributed by atoms with Crippen molar-refractivity contribution in [3.63, 3.8) is 0 Å². The summed E-state index contributed by atoms with van der Waals surface area (Å²) in [4.78, 5) is 1.42. The number of hydrogen-bond donors (Lipinski definition) is 0. The van der Waals surface area contributed by atoms with Crippen molar-refractivity contribution in [2.45, 2.75) is 24.7 Å². The summed E-state index contributed by atoms with van der Waals surface area (Å²) in [5, 5.41) is 0. The number of thioether (sulfide) groups is 2. The lowest BCUT2D eigenvalue weighted by atomic mass is 10.3. The summed E-state index contributed by atoms with van der Waals surface area (Å²) < 4.78 is 49.2. The van der Waals surface area contributed by atoms with E-state index in [1.807, 2.05) is 0 Å². The van der Waals surface area contributed by atoms with Gasteiger partial charge in [-0.05, 0) is 71.1 Å². The van der Waals surface area contributed by atoms with Gasteiger partial charge >= 0.3 is 0 Å². The fourth-order valence-corrected chi connectivity index (χ4v) is 5.30. The smallest absolute Gasteiger partial charge is 0.207 e. The zero-order valence-electron chi connectivity index (χ0n) is 11.1. The number of benzene rings is 2. The molecule has 22 heavy (non-hydrogen) atoms. The molecule has 0 aliphatic carbocycles. The summed E-state index contributed by atoms with van der Waals surface area (Å²) in [6.45, 7) is 0. The topological polar surface area (TPSA) is 0 Å². The first-order chi connectivity index (χ1) is 10.3. The van der Waals surface area contributed by atoms with Gasteiger partial charge in [-0.15, -0.1) is 23.5 Å². The lowest BCUT2D eigenvalue weighted by Gasteiger charge is -2.19. The van der Waals surface area contributed by atoms with Crippen LogP contribution in [0.1, 0.15) is 6.42 Å². The lowest BCUT2D eigenvalue weighted by molar-refractivity contribution is 0.122. The molecule has 0 fully saturated rings. The Morgan fingerprint density at radius 1 is 0.818 bits per heavy atom. The second-order valence-electron chi connectivity index (χ2n) is 4.39. The molecule has 0 aliphatic rings. The predicted octanol–water partition coefficient (Wildman–Crippen LogP) is 6.59. The van der Waals surface area contributed by atoms with Crippen molar-refractivity contribution in [3.8, 4) is 0 Å². The van der Waals surface area contributed by atoms with Crippen molar-refractivity contribution in [1.29, 1.82) is 0 Å². The fraction of sp³-hybridized carbons (Fsp3) is 0.200. The van der Waals surface area contributed by atoms with E-state index in [0.29, 0.717) is 9.79 Å². The molecule has 0 spiro atoms. The third-order valence-electron chi connectivity index (χ3n) is 2.56. The molecular weight excluding hydrogens is 447 g/mol. The molecule has 0 saturated heterocycles. The number of rotatable bonds is 6. The molecule has 2 aromatic carbocycles. The largest absolute Gasteiger partial charge is 0.298 e. The Labute approximate surface area is 148 Å². The van der Waals surface area contributed by atoms with Crippen LogP contribution >= 0.6 is 46.1 Å². The Kier molecular flexibility index (Phi) is 6.46. The van der Waals surface area contributed by atoms with Crippen LogP contribution in [-0.2, 0) is 0 Å². The maximum atomic E-state index is 13.3. The van der Waals surface area contributed by atoms with Gasteiger partial charge in [0.15, 0.2) is 0 Å². The summed E-state index contributed by atoms with van der Waals surface area (Å²) in [6.07, 6.45) is -0.350. The lowest BCUT2D eigenvalue weighted by Crippen LogP contribution is -2.12. The molecule has 0 aliphatic heterocycles. The van der Waals surface area contributed by atoms with Crippen LogP contribution < -0.4 is 0 Å². The second-order valence-corrected chi connectivity index (χ2v) is 8.82. The summed E-state index contributed by atoms with van der Waals surface area (Å²) in [6, 6.07) is 11.4. The molecule has 0 N–H and O–H groups in total. The normalized spacial score (nSPS) is 11.9. The Morgan fingerprint density at radius 3 is 1.50 bits per heavy atom. The van der Waals surface area contributed by atoms with E-state index in [1.54, 1.807) is 24.3 Å². The summed E-state index contributed by atoms with van der Waals surface area (Å²) in [5.41, 5.74) is 0. The summed E-state index contributed by atoms with van der Waals surface area (Å²) in [7, 11) is 0. The van der Waals surface area contributed by atoms with E-state index in [4.69, 9.17) is 0 Å². The molecule has 0 heterocycles. The van der Waals surface area contributed by atoms with Crippen LogP contribution in [0.4, 0.5) is 17.6 Å². The van der Waals surface area contributed by atoms with Crippen LogP contribution in [-0.4, -0.2) is 8.51 Å². The maximum Gasteiger partial charge on any atom is 0.298 e. The SMILES string of the molecule is Fc1ccc(SC(CC(F)(F)I)Sc2ccc(F)cc2)cc1. The average Bonchev–Trinajstić information content (AvgIpc) is 2.42. The molecular formula is C15H11F4IS2. The highest BCUT2D eigenvalue weighted by molar-refractivity contribution is 14.1. The molecule has 0 amide bonds. The van der Waals surface area contributed by atoms with Gasteiger partial charge in [-0.25, -0.2) is 8.78 Å². The van der Waals surface area contributed by atoms with Crippen molar-refractivity contribution in [3.05, 3.63) is 60.2 Å². The van der Waals surface area contributed by atoms with E-state index < -0.39 is 8.51 Å². The molecule has 0 nitrogen and oxygen atoms in total. The summed E-state index contributed by atoms with van der Waals surface area (Å²) >= 11 is 3.59. The average molecular weight is 458 g/mol. The van der Waals surface area contributed by atoms with Gasteiger partial charge in [0, 0.05) is 16.2 Å². The van der Waals surface area contributed by atoms with Crippen molar-refractivity contribution >= 4 is 46.1 Å². The first-order valence-corrected chi connectivity index (χ1v) is 9.07. The van der Waals surface area contributed by atoms with Gasteiger partial charge in [-0.2, -0.15) is 8.78 Å². The highest BCUT2D eigenvalue weighted by Gasteiger charge is 2.30. The Balaban J connectivity index is 2.11. The number of halogens is 5. The molecule has 0 atom stereocenters. The van der Waals surface area contributed by atoms with Crippen molar-refractivity contribution in [2.24, 2.45) is 0 Å². The Bertz CT molecular complexity index is 549. The highest BCUT2D eigenvalue weighted by Crippen LogP contribution is 2.43. The standard InChI is InChI=1S/C15H11F4IS2/c16-10-1-5-12(6-2-10)21-14(9-15(18,19)20)22-13-7-3-11(17)4-8-13/h1-8,14H,9H2. The van der Waals surface area contributed by atoms with E-state index in [1.165, 1.54) is 47.8 Å². The number of alkyl halides is 3. The first-order valence-electron chi connectivity index (χ1n) is 6.23. The molecule has 118 valence electrons. The highest BCUT2D eigenvalue weighted by atomic mass is 127. The quantitative estimate of drug-likeness (QED) is 0.157. The predicted molar refractivity (Wildman–Crippen MR) is 91.9 cm³/mol. The van der Waals surface area contributed by atoms with Crippen molar-refractivity contribution in [2.75, 3.05) is 0 Å². The van der Waals surface area contributed by atoms with Crippen LogP contribution in [0, 0.1) is 11.6 Å². The Morgan fingerprint density at radius 2 is 1.18 bits per heavy atom. The van der Waals surface area contributed by atoms with Crippen LogP contribution in [0.2, 0.25) is 0 Å². The van der Waals surface area contributed by atoms with Gasteiger partial charge in [-0.1, -0.05) is 0 Å². The maximum absolute atomic E-state index is 13.3. The van der Waals surface area contributed by atoms with Crippen LogP contribution in [0.3, 0.4) is 0 Å². The van der Waals surface area contributed by atoms with Gasteiger partial charge in [0.05, 0.1) is 4.58 Å². The van der Waals surface area contributed by atoms with Crippen LogP contribution in [0.15, 0.2) is 58.3 Å². The second kappa shape index (κ2) is 7.92. The van der Waals surface area contributed by atoms with Gasteiger partial charge in [0.2, 0.25) is 0 Å². The molecule has 0 radical (unpaired) electrons. The van der Waals surface area contributed by atoms with Gasteiger partial charge in [-0.3, -0.25) is 0 Å². The third-order valence-corrected chi connectivity index (χ3v) is 5.53. The minimum absolute atomic E-state index is 0.350. The van der Waals surface area contributed by atoms with E-state index >= 15 is 0 Å². The number of hydrogen-bond acceptors (Lipinski definition) is 2. The zero-order valence-corrected chi connectivity index (χ0v) is 14.9. The van der Waals surface area contributed by atoms with E-state index in [-0.39, 0.29) is 18.1 Å². The van der Waals surface area contributed by atoms with Crippen LogP contribution in [0.25, 0.3) is 0 Å². The van der Waals surface area contributed by atoms with E-state index in [0.717, 1.165) is 22.6 Å². The van der Waals surface area contributed by atoms with Gasteiger partial charge in [0.1, 0.15) is 11.6 Å². The summed E-state index contributed by atoms with van der Waals surface area (Å²) in [5.74, 6) is -0.738. The third kappa shape index (κ3) is 6.37. The van der Waals surface area contributed by atoms with Crippen LogP contribution in [0.5, 0.6) is 0 Å². The minimum Gasteiger partial charge on any atom is -0.207 e.